The molecule has 0 radical (unpaired) electrons. The summed E-state index contributed by atoms with van der Waals surface area (Å²) in [5.41, 5.74) is 1.87. The van der Waals surface area contributed by atoms with Gasteiger partial charge in [0.2, 0.25) is 0 Å². The molecule has 1 aliphatic heterocycles. The highest BCUT2D eigenvalue weighted by Crippen LogP contribution is 2.29. The molecule has 0 saturated carbocycles. The molecule has 0 unspecified atom stereocenters. The number of furan rings is 1. The smallest absolute Gasteiger partial charge is 0.289 e. The number of benzene rings is 1. The van der Waals surface area contributed by atoms with Gasteiger partial charge in [-0.3, -0.25) is 9.48 Å². The van der Waals surface area contributed by atoms with Crippen LogP contribution in [0.3, 0.4) is 0 Å². The van der Waals surface area contributed by atoms with Crippen molar-refractivity contribution in [1.29, 1.82) is 0 Å². The number of hydrogen-bond acceptors (Lipinski definition) is 4. The third kappa shape index (κ3) is 3.20. The highest BCUT2D eigenvalue weighted by molar-refractivity contribution is 6.33. The molecule has 0 bridgehead atoms. The summed E-state index contributed by atoms with van der Waals surface area (Å²) >= 11 is 6.20. The number of aryl methyl sites for hydroxylation is 1. The van der Waals surface area contributed by atoms with Crippen LogP contribution in [-0.4, -0.2) is 46.8 Å². The molecule has 6 nitrogen and oxygen atoms in total. The Labute approximate surface area is 156 Å². The standard InChI is InChI=1S/C19H19ClN4O2/c1-22-13-14(12-21-22)23-8-10-24(11-9-23)19(25)18-7-6-17(26-18)15-4-2-3-5-16(15)20/h2-7,12-13H,8-11H2,1H3. The van der Waals surface area contributed by atoms with Crippen LogP contribution in [0.15, 0.2) is 53.2 Å². The van der Waals surface area contributed by atoms with E-state index < -0.39 is 0 Å². The number of halogens is 1. The highest BCUT2D eigenvalue weighted by atomic mass is 35.5. The van der Waals surface area contributed by atoms with Gasteiger partial charge >= 0.3 is 0 Å². The van der Waals surface area contributed by atoms with E-state index in [-0.39, 0.29) is 5.91 Å². The van der Waals surface area contributed by atoms with E-state index in [0.717, 1.165) is 24.3 Å². The van der Waals surface area contributed by atoms with E-state index in [1.54, 1.807) is 22.9 Å². The zero-order valence-corrected chi connectivity index (χ0v) is 15.2. The summed E-state index contributed by atoms with van der Waals surface area (Å²) in [6, 6.07) is 10.9. The van der Waals surface area contributed by atoms with Gasteiger partial charge in [0.25, 0.3) is 5.91 Å². The Bertz CT molecular complexity index is 925. The van der Waals surface area contributed by atoms with Crippen molar-refractivity contribution in [3.05, 3.63) is 59.6 Å². The summed E-state index contributed by atoms with van der Waals surface area (Å²) in [6.07, 6.45) is 3.83. The van der Waals surface area contributed by atoms with Crippen LogP contribution in [0, 0.1) is 0 Å². The summed E-state index contributed by atoms with van der Waals surface area (Å²) in [5.74, 6) is 0.858. The van der Waals surface area contributed by atoms with Crippen molar-refractivity contribution in [1.82, 2.24) is 14.7 Å². The first kappa shape index (κ1) is 16.7. The maximum Gasteiger partial charge on any atom is 0.289 e. The minimum atomic E-state index is -0.0888. The van der Waals surface area contributed by atoms with E-state index in [0.29, 0.717) is 29.6 Å². The molecular weight excluding hydrogens is 352 g/mol. The molecule has 0 N–H and O–H groups in total. The van der Waals surface area contributed by atoms with Crippen LogP contribution in [0.25, 0.3) is 11.3 Å². The SMILES string of the molecule is Cn1cc(N2CCN(C(=O)c3ccc(-c4ccccc4Cl)o3)CC2)cn1. The number of anilines is 1. The number of nitrogens with zero attached hydrogens (tertiary/aromatic N) is 4. The van der Waals surface area contributed by atoms with Gasteiger partial charge in [0.05, 0.1) is 16.9 Å². The van der Waals surface area contributed by atoms with E-state index in [2.05, 4.69) is 10.00 Å². The van der Waals surface area contributed by atoms with Crippen molar-refractivity contribution in [2.75, 3.05) is 31.1 Å². The molecule has 0 atom stereocenters. The van der Waals surface area contributed by atoms with Gasteiger partial charge in [0.1, 0.15) is 5.76 Å². The predicted molar refractivity (Wildman–Crippen MR) is 100 cm³/mol. The Balaban J connectivity index is 1.44. The Morgan fingerprint density at radius 2 is 1.88 bits per heavy atom. The van der Waals surface area contributed by atoms with Crippen molar-refractivity contribution in [3.63, 3.8) is 0 Å². The Morgan fingerprint density at radius 1 is 1.12 bits per heavy atom. The largest absolute Gasteiger partial charge is 0.451 e. The van der Waals surface area contributed by atoms with Crippen molar-refractivity contribution < 1.29 is 9.21 Å². The van der Waals surface area contributed by atoms with E-state index in [9.17, 15) is 4.79 Å². The zero-order valence-electron chi connectivity index (χ0n) is 14.4. The average molecular weight is 371 g/mol. The first-order valence-electron chi connectivity index (χ1n) is 8.49. The van der Waals surface area contributed by atoms with Gasteiger partial charge in [-0.1, -0.05) is 23.7 Å². The van der Waals surface area contributed by atoms with E-state index >= 15 is 0 Å². The Hall–Kier alpha value is -2.73. The molecule has 2 aromatic heterocycles. The quantitative estimate of drug-likeness (QED) is 0.710. The lowest BCUT2D eigenvalue weighted by atomic mass is 10.2. The van der Waals surface area contributed by atoms with Gasteiger partial charge in [-0.2, -0.15) is 5.10 Å². The minimum absolute atomic E-state index is 0.0888. The Morgan fingerprint density at radius 3 is 2.58 bits per heavy atom. The maximum absolute atomic E-state index is 12.7. The first-order valence-corrected chi connectivity index (χ1v) is 8.87. The van der Waals surface area contributed by atoms with Crippen molar-refractivity contribution in [2.24, 2.45) is 7.05 Å². The van der Waals surface area contributed by atoms with Crippen LogP contribution in [0.1, 0.15) is 10.6 Å². The molecule has 1 aromatic carbocycles. The topological polar surface area (TPSA) is 54.5 Å². The number of piperazine rings is 1. The van der Waals surface area contributed by atoms with Crippen molar-refractivity contribution in [3.8, 4) is 11.3 Å². The van der Waals surface area contributed by atoms with Gasteiger partial charge in [-0.15, -0.1) is 0 Å². The molecule has 0 aliphatic carbocycles. The molecule has 1 aliphatic rings. The third-order valence-corrected chi connectivity index (χ3v) is 4.91. The fraction of sp³-hybridized carbons (Fsp3) is 0.263. The molecule has 3 aromatic rings. The lowest BCUT2D eigenvalue weighted by Gasteiger charge is -2.34. The molecule has 7 heteroatoms. The monoisotopic (exact) mass is 370 g/mol. The van der Waals surface area contributed by atoms with Crippen molar-refractivity contribution >= 4 is 23.2 Å². The van der Waals surface area contributed by atoms with Crippen molar-refractivity contribution in [2.45, 2.75) is 0 Å². The van der Waals surface area contributed by atoms with Crippen LogP contribution < -0.4 is 4.90 Å². The molecular formula is C19H19ClN4O2. The van der Waals surface area contributed by atoms with Crippen LogP contribution in [0.4, 0.5) is 5.69 Å². The fourth-order valence-electron chi connectivity index (χ4n) is 3.15. The minimum Gasteiger partial charge on any atom is -0.451 e. The maximum atomic E-state index is 12.7. The van der Waals surface area contributed by atoms with Gasteiger partial charge < -0.3 is 14.2 Å². The molecule has 1 fully saturated rings. The van der Waals surface area contributed by atoms with E-state index in [4.69, 9.17) is 16.0 Å². The summed E-state index contributed by atoms with van der Waals surface area (Å²) in [6.45, 7) is 2.84. The molecule has 4 rings (SSSR count). The zero-order chi connectivity index (χ0) is 18.1. The van der Waals surface area contributed by atoms with Crippen LogP contribution in [0.2, 0.25) is 5.02 Å². The molecule has 1 saturated heterocycles. The van der Waals surface area contributed by atoms with Gasteiger partial charge in [-0.25, -0.2) is 0 Å². The second-order valence-corrected chi connectivity index (χ2v) is 6.70. The van der Waals surface area contributed by atoms with Gasteiger partial charge in [0, 0.05) is 45.0 Å². The second kappa shape index (κ2) is 6.88. The summed E-state index contributed by atoms with van der Waals surface area (Å²) in [5, 5.41) is 4.80. The van der Waals surface area contributed by atoms with Crippen LogP contribution >= 0.6 is 11.6 Å². The van der Waals surface area contributed by atoms with Crippen LogP contribution in [-0.2, 0) is 7.05 Å². The molecule has 26 heavy (non-hydrogen) atoms. The van der Waals surface area contributed by atoms with Gasteiger partial charge in [0.15, 0.2) is 5.76 Å². The van der Waals surface area contributed by atoms with E-state index in [1.807, 2.05) is 42.5 Å². The fourth-order valence-corrected chi connectivity index (χ4v) is 3.38. The van der Waals surface area contributed by atoms with E-state index in [1.165, 1.54) is 0 Å². The predicted octanol–water partition coefficient (Wildman–Crippen LogP) is 3.30. The third-order valence-electron chi connectivity index (χ3n) is 4.58. The highest BCUT2D eigenvalue weighted by Gasteiger charge is 2.25. The van der Waals surface area contributed by atoms with Gasteiger partial charge in [-0.05, 0) is 24.3 Å². The summed E-state index contributed by atoms with van der Waals surface area (Å²) < 4.78 is 7.56. The number of amides is 1. The molecule has 3 heterocycles. The lowest BCUT2D eigenvalue weighted by molar-refractivity contribution is 0.0715. The summed E-state index contributed by atoms with van der Waals surface area (Å²) in [7, 11) is 1.90. The number of aromatic nitrogens is 2. The average Bonchev–Trinajstić information content (AvgIpc) is 3.31. The molecule has 1 amide bonds. The molecule has 134 valence electrons. The number of rotatable bonds is 3. The summed E-state index contributed by atoms with van der Waals surface area (Å²) in [4.78, 5) is 16.8. The second-order valence-electron chi connectivity index (χ2n) is 6.30. The first-order chi connectivity index (χ1) is 12.6. The number of carbonyl (C=O) groups is 1. The lowest BCUT2D eigenvalue weighted by Crippen LogP contribution is -2.48. The number of hydrogen-bond donors (Lipinski definition) is 0. The Kier molecular flexibility index (Phi) is 4.42. The van der Waals surface area contributed by atoms with Crippen LogP contribution in [0.5, 0.6) is 0 Å². The number of carbonyl (C=O) groups excluding carboxylic acids is 1. The normalized spacial score (nSPS) is 14.7. The molecule has 0 spiro atoms.